The van der Waals surface area contributed by atoms with Crippen LogP contribution >= 0.6 is 12.6 Å². The van der Waals surface area contributed by atoms with E-state index in [0.717, 1.165) is 0 Å². The van der Waals surface area contributed by atoms with Crippen LogP contribution in [0.2, 0.25) is 0 Å². The highest BCUT2D eigenvalue weighted by Gasteiger charge is 2.21. The molecule has 0 saturated carbocycles. The van der Waals surface area contributed by atoms with Crippen molar-refractivity contribution in [1.82, 2.24) is 5.32 Å². The van der Waals surface area contributed by atoms with E-state index in [9.17, 15) is 14.4 Å². The first-order valence-corrected chi connectivity index (χ1v) is 4.73. The van der Waals surface area contributed by atoms with Gasteiger partial charge in [0.15, 0.2) is 0 Å². The third-order valence-electron chi connectivity index (χ3n) is 1.54. The number of carbonyl (C=O) groups excluding carboxylic acids is 3. The van der Waals surface area contributed by atoms with Gasteiger partial charge in [-0.1, -0.05) is 0 Å². The van der Waals surface area contributed by atoms with Crippen molar-refractivity contribution in [2.75, 3.05) is 20.0 Å². The Morgan fingerprint density at radius 1 is 1.27 bits per heavy atom. The SMILES string of the molecule is COC(=O)CC(=O)NC(CS)C(=O)OC. The van der Waals surface area contributed by atoms with Crippen molar-refractivity contribution >= 4 is 30.5 Å². The molecule has 0 rings (SSSR count). The fourth-order valence-electron chi connectivity index (χ4n) is 0.770. The average Bonchev–Trinajstić information content (AvgIpc) is 2.24. The molecule has 0 aromatic heterocycles. The van der Waals surface area contributed by atoms with E-state index in [-0.39, 0.29) is 5.75 Å². The number of carbonyl (C=O) groups is 3. The molecule has 15 heavy (non-hydrogen) atoms. The van der Waals surface area contributed by atoms with Gasteiger partial charge in [0.2, 0.25) is 5.91 Å². The monoisotopic (exact) mass is 235 g/mol. The second kappa shape index (κ2) is 7.10. The third-order valence-corrected chi connectivity index (χ3v) is 1.90. The standard InChI is InChI=1S/C8H13NO5S/c1-13-7(11)3-6(10)9-5(4-15)8(12)14-2/h5,15H,3-4H2,1-2H3,(H,9,10). The Balaban J connectivity index is 4.13. The third kappa shape index (κ3) is 5.26. The van der Waals surface area contributed by atoms with Gasteiger partial charge in [-0.3, -0.25) is 9.59 Å². The van der Waals surface area contributed by atoms with Gasteiger partial charge in [-0.05, 0) is 0 Å². The summed E-state index contributed by atoms with van der Waals surface area (Å²) in [6, 6.07) is -0.851. The molecule has 1 N–H and O–H groups in total. The second-order valence-corrected chi connectivity index (χ2v) is 2.94. The zero-order valence-corrected chi connectivity index (χ0v) is 9.37. The number of thiol groups is 1. The molecule has 0 aromatic carbocycles. The molecule has 86 valence electrons. The number of methoxy groups -OCH3 is 2. The predicted molar refractivity (Wildman–Crippen MR) is 54.4 cm³/mol. The maximum absolute atomic E-state index is 11.1. The highest BCUT2D eigenvalue weighted by atomic mass is 32.1. The maximum Gasteiger partial charge on any atom is 0.329 e. The first-order valence-electron chi connectivity index (χ1n) is 4.10. The number of nitrogens with one attached hydrogen (secondary N) is 1. The molecular formula is C8H13NO5S. The van der Waals surface area contributed by atoms with Gasteiger partial charge in [-0.15, -0.1) is 0 Å². The van der Waals surface area contributed by atoms with E-state index in [2.05, 4.69) is 27.4 Å². The maximum atomic E-state index is 11.1. The van der Waals surface area contributed by atoms with E-state index in [1.54, 1.807) is 0 Å². The van der Waals surface area contributed by atoms with Gasteiger partial charge in [0.1, 0.15) is 12.5 Å². The summed E-state index contributed by atoms with van der Waals surface area (Å²) in [5.74, 6) is -1.79. The van der Waals surface area contributed by atoms with Crippen LogP contribution in [0, 0.1) is 0 Å². The van der Waals surface area contributed by atoms with Crippen molar-refractivity contribution in [2.24, 2.45) is 0 Å². The van der Waals surface area contributed by atoms with Gasteiger partial charge >= 0.3 is 11.9 Å². The van der Waals surface area contributed by atoms with Crippen LogP contribution in [0.3, 0.4) is 0 Å². The van der Waals surface area contributed by atoms with E-state index in [1.165, 1.54) is 14.2 Å². The molecule has 0 heterocycles. The summed E-state index contributed by atoms with van der Waals surface area (Å²) in [4.78, 5) is 32.9. The summed E-state index contributed by atoms with van der Waals surface area (Å²) in [5.41, 5.74) is 0. The number of amides is 1. The fourth-order valence-corrected chi connectivity index (χ4v) is 1.01. The topological polar surface area (TPSA) is 81.7 Å². The van der Waals surface area contributed by atoms with E-state index in [1.807, 2.05) is 0 Å². The molecule has 1 amide bonds. The number of ether oxygens (including phenoxy) is 2. The van der Waals surface area contributed by atoms with E-state index >= 15 is 0 Å². The number of rotatable bonds is 5. The van der Waals surface area contributed by atoms with Crippen molar-refractivity contribution in [3.63, 3.8) is 0 Å². The summed E-state index contributed by atoms with van der Waals surface area (Å²) >= 11 is 3.87. The Morgan fingerprint density at radius 3 is 2.27 bits per heavy atom. The van der Waals surface area contributed by atoms with Gasteiger partial charge in [-0.25, -0.2) is 4.79 Å². The Labute approximate surface area is 92.7 Å². The highest BCUT2D eigenvalue weighted by molar-refractivity contribution is 7.80. The van der Waals surface area contributed by atoms with Crippen molar-refractivity contribution in [2.45, 2.75) is 12.5 Å². The van der Waals surface area contributed by atoms with Crippen molar-refractivity contribution in [3.8, 4) is 0 Å². The molecule has 6 nitrogen and oxygen atoms in total. The molecule has 1 unspecified atom stereocenters. The lowest BCUT2D eigenvalue weighted by molar-refractivity contribution is -0.147. The normalized spacial score (nSPS) is 11.4. The van der Waals surface area contributed by atoms with Crippen LogP contribution in [-0.2, 0) is 23.9 Å². The zero-order chi connectivity index (χ0) is 11.8. The van der Waals surface area contributed by atoms with Gasteiger partial charge in [-0.2, -0.15) is 12.6 Å². The number of hydrogen-bond acceptors (Lipinski definition) is 6. The lowest BCUT2D eigenvalue weighted by Crippen LogP contribution is -2.43. The Morgan fingerprint density at radius 2 is 1.87 bits per heavy atom. The van der Waals surface area contributed by atoms with Gasteiger partial charge < -0.3 is 14.8 Å². The minimum atomic E-state index is -0.851. The molecule has 0 aliphatic rings. The lowest BCUT2D eigenvalue weighted by Gasteiger charge is -2.13. The molecule has 0 radical (unpaired) electrons. The molecule has 0 fully saturated rings. The van der Waals surface area contributed by atoms with E-state index in [4.69, 9.17) is 0 Å². The molecular weight excluding hydrogens is 222 g/mol. The van der Waals surface area contributed by atoms with Crippen LogP contribution in [0.25, 0.3) is 0 Å². The molecule has 0 aliphatic carbocycles. The first kappa shape index (κ1) is 13.8. The van der Waals surface area contributed by atoms with Crippen LogP contribution in [0.15, 0.2) is 0 Å². The van der Waals surface area contributed by atoms with Crippen LogP contribution in [0.1, 0.15) is 6.42 Å². The van der Waals surface area contributed by atoms with Crippen molar-refractivity contribution < 1.29 is 23.9 Å². The first-order chi connectivity index (χ1) is 7.04. The molecule has 0 aromatic rings. The van der Waals surface area contributed by atoms with Gasteiger partial charge in [0.25, 0.3) is 0 Å². The lowest BCUT2D eigenvalue weighted by atomic mass is 10.3. The fraction of sp³-hybridized carbons (Fsp3) is 0.625. The summed E-state index contributed by atoms with van der Waals surface area (Å²) in [7, 11) is 2.37. The molecule has 0 saturated heterocycles. The largest absolute Gasteiger partial charge is 0.469 e. The predicted octanol–water partition coefficient (Wildman–Crippen LogP) is -0.863. The number of hydrogen-bond donors (Lipinski definition) is 2. The Kier molecular flexibility index (Phi) is 6.52. The van der Waals surface area contributed by atoms with Crippen molar-refractivity contribution in [1.29, 1.82) is 0 Å². The molecule has 0 aliphatic heterocycles. The minimum Gasteiger partial charge on any atom is -0.469 e. The smallest absolute Gasteiger partial charge is 0.329 e. The molecule has 7 heteroatoms. The van der Waals surface area contributed by atoms with Crippen LogP contribution in [0.5, 0.6) is 0 Å². The van der Waals surface area contributed by atoms with E-state index in [0.29, 0.717) is 0 Å². The van der Waals surface area contributed by atoms with E-state index < -0.39 is 30.3 Å². The molecule has 1 atom stereocenters. The molecule has 0 spiro atoms. The van der Waals surface area contributed by atoms with Gasteiger partial charge in [0.05, 0.1) is 14.2 Å². The van der Waals surface area contributed by atoms with Crippen molar-refractivity contribution in [3.05, 3.63) is 0 Å². The summed E-state index contributed by atoms with van der Waals surface area (Å²) in [6.07, 6.45) is -0.433. The Bertz CT molecular complexity index is 255. The Hall–Kier alpha value is -1.24. The summed E-state index contributed by atoms with van der Waals surface area (Å²) in [5, 5.41) is 2.29. The summed E-state index contributed by atoms with van der Waals surface area (Å²) in [6.45, 7) is 0. The number of esters is 2. The van der Waals surface area contributed by atoms with Crippen LogP contribution in [0.4, 0.5) is 0 Å². The highest BCUT2D eigenvalue weighted by Crippen LogP contribution is 1.93. The second-order valence-electron chi connectivity index (χ2n) is 2.58. The average molecular weight is 235 g/mol. The van der Waals surface area contributed by atoms with Crippen LogP contribution in [-0.4, -0.2) is 43.9 Å². The van der Waals surface area contributed by atoms with Crippen LogP contribution < -0.4 is 5.32 Å². The molecule has 0 bridgehead atoms. The minimum absolute atomic E-state index is 0.0968. The zero-order valence-electron chi connectivity index (χ0n) is 8.48. The summed E-state index contributed by atoms with van der Waals surface area (Å²) < 4.78 is 8.70. The quantitative estimate of drug-likeness (QED) is 0.368. The van der Waals surface area contributed by atoms with Gasteiger partial charge in [0, 0.05) is 5.75 Å².